The zero-order chi connectivity index (χ0) is 17.2. The molecule has 0 radical (unpaired) electrons. The van der Waals surface area contributed by atoms with Crippen molar-refractivity contribution in [1.29, 1.82) is 0 Å². The van der Waals surface area contributed by atoms with E-state index in [-0.39, 0.29) is 22.9 Å². The first-order valence-corrected chi connectivity index (χ1v) is 7.03. The van der Waals surface area contributed by atoms with Gasteiger partial charge in [0.25, 0.3) is 5.56 Å². The Morgan fingerprint density at radius 3 is 2.57 bits per heavy atom. The Labute approximate surface area is 135 Å². The zero-order valence-corrected chi connectivity index (χ0v) is 13.2. The van der Waals surface area contributed by atoms with Crippen LogP contribution in [0, 0.1) is 5.82 Å². The molecule has 1 heterocycles. The molecule has 2 aromatic rings. The van der Waals surface area contributed by atoms with Crippen LogP contribution in [-0.4, -0.2) is 15.9 Å². The van der Waals surface area contributed by atoms with Crippen molar-refractivity contribution in [3.8, 4) is 0 Å². The number of carbonyl (C=O) groups excluding carboxylic acids is 1. The van der Waals surface area contributed by atoms with Crippen molar-refractivity contribution in [2.75, 3.05) is 0 Å². The van der Waals surface area contributed by atoms with Crippen LogP contribution in [0.15, 0.2) is 33.9 Å². The zero-order valence-electron chi connectivity index (χ0n) is 12.4. The summed E-state index contributed by atoms with van der Waals surface area (Å²) >= 11 is 5.69. The highest BCUT2D eigenvalue weighted by molar-refractivity contribution is 6.30. The van der Waals surface area contributed by atoms with Gasteiger partial charge in [0, 0.05) is 16.7 Å². The maximum atomic E-state index is 14.0. The van der Waals surface area contributed by atoms with E-state index in [1.807, 2.05) is 4.98 Å². The van der Waals surface area contributed by atoms with E-state index in [0.29, 0.717) is 0 Å². The normalized spacial score (nSPS) is 11.3. The number of aromatic nitrogens is 2. The molecule has 8 heteroatoms. The number of carbonyl (C=O) groups is 1. The number of esters is 1. The maximum Gasteiger partial charge on any atom is 0.326 e. The van der Waals surface area contributed by atoms with Gasteiger partial charge in [0.1, 0.15) is 12.4 Å². The summed E-state index contributed by atoms with van der Waals surface area (Å²) in [5.74, 6) is -1.33. The summed E-state index contributed by atoms with van der Waals surface area (Å²) in [6, 6.07) is 5.10. The molecule has 122 valence electrons. The molecule has 0 aliphatic carbocycles. The third-order valence-electron chi connectivity index (χ3n) is 3.29. The summed E-state index contributed by atoms with van der Waals surface area (Å²) in [5, 5.41) is 0.219. The molecule has 2 rings (SSSR count). The van der Waals surface area contributed by atoms with E-state index in [0.717, 1.165) is 12.1 Å². The van der Waals surface area contributed by atoms with Crippen LogP contribution in [-0.2, 0) is 21.6 Å². The average Bonchev–Trinajstić information content (AvgIpc) is 2.43. The molecular weight excluding hydrogens is 327 g/mol. The quantitative estimate of drug-likeness (QED) is 0.831. The van der Waals surface area contributed by atoms with Gasteiger partial charge in [0.2, 0.25) is 0 Å². The third-order valence-corrected chi connectivity index (χ3v) is 3.52. The number of benzene rings is 1. The van der Waals surface area contributed by atoms with Crippen molar-refractivity contribution in [1.82, 2.24) is 9.97 Å². The maximum absolute atomic E-state index is 14.0. The first-order valence-electron chi connectivity index (χ1n) is 6.65. The Balaban J connectivity index is 2.18. The molecule has 0 amide bonds. The van der Waals surface area contributed by atoms with E-state index >= 15 is 0 Å². The van der Waals surface area contributed by atoms with Crippen LogP contribution in [0.4, 0.5) is 4.39 Å². The number of halogens is 2. The van der Waals surface area contributed by atoms with Gasteiger partial charge >= 0.3 is 11.7 Å². The van der Waals surface area contributed by atoms with Crippen molar-refractivity contribution in [3.63, 3.8) is 0 Å². The predicted molar refractivity (Wildman–Crippen MR) is 81.9 cm³/mol. The average molecular weight is 341 g/mol. The molecule has 0 atom stereocenters. The van der Waals surface area contributed by atoms with Crippen molar-refractivity contribution in [3.05, 3.63) is 67.2 Å². The van der Waals surface area contributed by atoms with Crippen LogP contribution in [0.2, 0.25) is 5.02 Å². The van der Waals surface area contributed by atoms with Gasteiger partial charge in [-0.2, -0.15) is 0 Å². The lowest BCUT2D eigenvalue weighted by molar-refractivity contribution is -0.151. The van der Waals surface area contributed by atoms with Gasteiger partial charge in [-0.1, -0.05) is 17.7 Å². The molecule has 23 heavy (non-hydrogen) atoms. The Hall–Kier alpha value is -2.41. The Kier molecular flexibility index (Phi) is 4.70. The van der Waals surface area contributed by atoms with Gasteiger partial charge in [0.05, 0.1) is 11.1 Å². The number of rotatable bonds is 4. The van der Waals surface area contributed by atoms with E-state index in [9.17, 15) is 18.8 Å². The van der Waals surface area contributed by atoms with E-state index < -0.39 is 28.5 Å². The lowest BCUT2D eigenvalue weighted by Gasteiger charge is -2.23. The SMILES string of the molecule is CC(C)(C(=O)OCc1cc(=O)[nH]c(=O)[nH]1)c1ccc(Cl)cc1F. The van der Waals surface area contributed by atoms with Crippen LogP contribution in [0.3, 0.4) is 0 Å². The fourth-order valence-corrected chi connectivity index (χ4v) is 2.19. The van der Waals surface area contributed by atoms with E-state index in [4.69, 9.17) is 16.3 Å². The molecule has 1 aromatic heterocycles. The van der Waals surface area contributed by atoms with Crippen molar-refractivity contribution >= 4 is 17.6 Å². The van der Waals surface area contributed by atoms with Crippen LogP contribution in [0.25, 0.3) is 0 Å². The highest BCUT2D eigenvalue weighted by Gasteiger charge is 2.34. The standard InChI is InChI=1S/C15H14ClFN2O4/c1-15(2,10-4-3-8(16)5-11(10)17)13(21)23-7-9-6-12(20)19-14(22)18-9/h3-6H,7H2,1-2H3,(H2,18,19,20,22). The lowest BCUT2D eigenvalue weighted by Crippen LogP contribution is -2.32. The number of ether oxygens (including phenoxy) is 1. The molecule has 0 fully saturated rings. The van der Waals surface area contributed by atoms with Crippen molar-refractivity contribution < 1.29 is 13.9 Å². The minimum atomic E-state index is -1.27. The number of nitrogens with one attached hydrogen (secondary N) is 2. The van der Waals surface area contributed by atoms with Gasteiger partial charge in [-0.25, -0.2) is 9.18 Å². The molecular formula is C15H14ClFN2O4. The third kappa shape index (κ3) is 3.87. The summed E-state index contributed by atoms with van der Waals surface area (Å²) in [5.41, 5.74) is -2.31. The fraction of sp³-hybridized carbons (Fsp3) is 0.267. The molecule has 0 aliphatic heterocycles. The van der Waals surface area contributed by atoms with E-state index in [2.05, 4.69) is 4.98 Å². The summed E-state index contributed by atoms with van der Waals surface area (Å²) in [7, 11) is 0. The molecule has 1 aromatic carbocycles. The van der Waals surface area contributed by atoms with Crippen LogP contribution >= 0.6 is 11.6 Å². The first kappa shape index (κ1) is 17.0. The highest BCUT2D eigenvalue weighted by Crippen LogP contribution is 2.29. The Morgan fingerprint density at radius 1 is 1.26 bits per heavy atom. The number of H-pyrrole nitrogens is 2. The topological polar surface area (TPSA) is 92.0 Å². The van der Waals surface area contributed by atoms with Crippen LogP contribution in [0.5, 0.6) is 0 Å². The van der Waals surface area contributed by atoms with Gasteiger partial charge in [-0.05, 0) is 26.0 Å². The molecule has 6 nitrogen and oxygen atoms in total. The van der Waals surface area contributed by atoms with Crippen LogP contribution in [0.1, 0.15) is 25.1 Å². The monoisotopic (exact) mass is 340 g/mol. The van der Waals surface area contributed by atoms with Crippen molar-refractivity contribution in [2.24, 2.45) is 0 Å². The molecule has 0 unspecified atom stereocenters. The lowest BCUT2D eigenvalue weighted by atomic mass is 9.84. The van der Waals surface area contributed by atoms with E-state index in [1.54, 1.807) is 0 Å². The summed E-state index contributed by atoms with van der Waals surface area (Å²) in [4.78, 5) is 38.9. The second-order valence-electron chi connectivity index (χ2n) is 5.44. The number of aromatic amines is 2. The van der Waals surface area contributed by atoms with Gasteiger partial charge < -0.3 is 9.72 Å². The van der Waals surface area contributed by atoms with Crippen molar-refractivity contribution in [2.45, 2.75) is 25.9 Å². The summed E-state index contributed by atoms with van der Waals surface area (Å²) < 4.78 is 19.1. The fourth-order valence-electron chi connectivity index (χ4n) is 2.03. The minimum absolute atomic E-state index is 0.131. The number of hydrogen-bond donors (Lipinski definition) is 2. The molecule has 0 saturated heterocycles. The smallest absolute Gasteiger partial charge is 0.326 e. The molecule has 2 N–H and O–H groups in total. The second kappa shape index (κ2) is 6.37. The Bertz CT molecular complexity index is 829. The highest BCUT2D eigenvalue weighted by atomic mass is 35.5. The number of hydrogen-bond acceptors (Lipinski definition) is 4. The summed E-state index contributed by atoms with van der Waals surface area (Å²) in [6.07, 6.45) is 0. The molecule has 0 spiro atoms. The Morgan fingerprint density at radius 2 is 1.96 bits per heavy atom. The predicted octanol–water partition coefficient (Wildman–Crippen LogP) is 1.88. The molecule has 0 bridgehead atoms. The molecule has 0 aliphatic rings. The van der Waals surface area contributed by atoms with Gasteiger partial charge in [-0.15, -0.1) is 0 Å². The largest absolute Gasteiger partial charge is 0.459 e. The molecule has 0 saturated carbocycles. The van der Waals surface area contributed by atoms with Crippen LogP contribution < -0.4 is 11.2 Å². The first-order chi connectivity index (χ1) is 10.7. The second-order valence-corrected chi connectivity index (χ2v) is 5.87. The van der Waals surface area contributed by atoms with Gasteiger partial charge in [0.15, 0.2) is 0 Å². The van der Waals surface area contributed by atoms with Gasteiger partial charge in [-0.3, -0.25) is 14.6 Å². The minimum Gasteiger partial charge on any atom is -0.459 e. The van der Waals surface area contributed by atoms with E-state index in [1.165, 1.54) is 26.0 Å². The summed E-state index contributed by atoms with van der Waals surface area (Å²) in [6.45, 7) is 2.70.